The zero-order valence-electron chi connectivity index (χ0n) is 14.9. The third kappa shape index (κ3) is 3.21. The number of nitrogens with two attached hydrogens (primary N) is 1. The molecule has 1 fully saturated rings. The predicted octanol–water partition coefficient (Wildman–Crippen LogP) is 1.80. The minimum absolute atomic E-state index is 0.142. The van der Waals surface area contributed by atoms with Gasteiger partial charge in [0.15, 0.2) is 17.9 Å². The van der Waals surface area contributed by atoms with E-state index in [4.69, 9.17) is 15.2 Å². The van der Waals surface area contributed by atoms with Crippen molar-refractivity contribution in [1.29, 1.82) is 0 Å². The van der Waals surface area contributed by atoms with E-state index in [1.54, 1.807) is 49.4 Å². The number of aliphatic hydroxyl groups excluding tert-OH is 1. The summed E-state index contributed by atoms with van der Waals surface area (Å²) >= 11 is 0. The molecule has 0 aromatic heterocycles. The molecular weight excluding hydrogens is 346 g/mol. The molecule has 4 rings (SSSR count). The van der Waals surface area contributed by atoms with E-state index in [0.717, 1.165) is 5.56 Å². The number of benzene rings is 2. The largest absolute Gasteiger partial charge is 0.389 e. The first-order valence-corrected chi connectivity index (χ1v) is 8.98. The number of carbonyl (C=O) groups excluding carboxylic acids is 2. The lowest BCUT2D eigenvalue weighted by Gasteiger charge is -2.35. The maximum Gasteiger partial charge on any atom is 0.194 e. The van der Waals surface area contributed by atoms with E-state index in [1.165, 1.54) is 0 Å². The molecule has 1 saturated heterocycles. The fourth-order valence-corrected chi connectivity index (χ4v) is 3.62. The van der Waals surface area contributed by atoms with E-state index in [2.05, 4.69) is 0 Å². The van der Waals surface area contributed by atoms with Crippen molar-refractivity contribution in [3.8, 4) is 0 Å². The fourth-order valence-electron chi connectivity index (χ4n) is 3.62. The molecule has 3 N–H and O–H groups in total. The quantitative estimate of drug-likeness (QED) is 0.732. The first-order valence-electron chi connectivity index (χ1n) is 8.98. The van der Waals surface area contributed by atoms with Crippen molar-refractivity contribution < 1.29 is 24.2 Å². The number of hydrogen-bond acceptors (Lipinski definition) is 6. The average Bonchev–Trinajstić information content (AvgIpc) is 2.68. The van der Waals surface area contributed by atoms with Gasteiger partial charge in [0.05, 0.1) is 18.8 Å². The van der Waals surface area contributed by atoms with Gasteiger partial charge >= 0.3 is 0 Å². The second kappa shape index (κ2) is 6.98. The van der Waals surface area contributed by atoms with Crippen LogP contribution in [-0.4, -0.2) is 41.2 Å². The lowest BCUT2D eigenvalue weighted by Crippen LogP contribution is -2.51. The fraction of sp³-hybridized carbons (Fsp3) is 0.333. The standard InChI is InChI=1S/C21H21NO5/c1-11-19(23)17(22)9-18(27-11)26-10-12-6-7-15-16(8-12)21(25)14-5-3-2-4-13(14)20(15)24/h2-8,11,17-19,23H,9-10,22H2,1H3. The lowest BCUT2D eigenvalue weighted by molar-refractivity contribution is -0.226. The van der Waals surface area contributed by atoms with Gasteiger partial charge in [0.2, 0.25) is 0 Å². The SMILES string of the molecule is CC1OC(OCc2ccc3c(c2)C(=O)c2ccccc2C3=O)CC(N)C1O. The summed E-state index contributed by atoms with van der Waals surface area (Å²) < 4.78 is 11.4. The van der Waals surface area contributed by atoms with Crippen LogP contribution >= 0.6 is 0 Å². The Morgan fingerprint density at radius 3 is 2.37 bits per heavy atom. The highest BCUT2D eigenvalue weighted by molar-refractivity contribution is 6.28. The van der Waals surface area contributed by atoms with Crippen LogP contribution < -0.4 is 5.73 Å². The molecule has 0 amide bonds. The second-order valence-corrected chi connectivity index (χ2v) is 7.06. The zero-order valence-corrected chi connectivity index (χ0v) is 14.9. The van der Waals surface area contributed by atoms with E-state index >= 15 is 0 Å². The highest BCUT2D eigenvalue weighted by Crippen LogP contribution is 2.28. The van der Waals surface area contributed by atoms with Crippen LogP contribution in [0.25, 0.3) is 0 Å². The van der Waals surface area contributed by atoms with E-state index in [-0.39, 0.29) is 18.2 Å². The molecule has 1 heterocycles. The molecule has 0 spiro atoms. The van der Waals surface area contributed by atoms with Crippen molar-refractivity contribution in [2.75, 3.05) is 0 Å². The van der Waals surface area contributed by atoms with Crippen LogP contribution in [0.15, 0.2) is 42.5 Å². The summed E-state index contributed by atoms with van der Waals surface area (Å²) in [7, 11) is 0. The molecule has 1 aliphatic heterocycles. The Morgan fingerprint density at radius 2 is 1.70 bits per heavy atom. The van der Waals surface area contributed by atoms with Crippen LogP contribution in [0.3, 0.4) is 0 Å². The molecule has 6 nitrogen and oxygen atoms in total. The van der Waals surface area contributed by atoms with Crippen LogP contribution in [0.2, 0.25) is 0 Å². The van der Waals surface area contributed by atoms with Crippen LogP contribution in [0.1, 0.15) is 50.8 Å². The minimum atomic E-state index is -0.711. The third-order valence-corrected chi connectivity index (χ3v) is 5.18. The van der Waals surface area contributed by atoms with Crippen molar-refractivity contribution in [2.45, 2.75) is 44.5 Å². The number of ketones is 2. The van der Waals surface area contributed by atoms with Crippen molar-refractivity contribution >= 4 is 11.6 Å². The van der Waals surface area contributed by atoms with Gasteiger partial charge in [-0.3, -0.25) is 9.59 Å². The van der Waals surface area contributed by atoms with E-state index in [9.17, 15) is 14.7 Å². The molecule has 2 aromatic carbocycles. The molecule has 2 aliphatic rings. The second-order valence-electron chi connectivity index (χ2n) is 7.06. The summed E-state index contributed by atoms with van der Waals surface area (Å²) in [5, 5.41) is 9.84. The van der Waals surface area contributed by atoms with Gasteiger partial charge in [-0.1, -0.05) is 30.3 Å². The highest BCUT2D eigenvalue weighted by Gasteiger charge is 2.34. The Morgan fingerprint density at radius 1 is 1.07 bits per heavy atom. The molecule has 140 valence electrons. The Kier molecular flexibility index (Phi) is 4.65. The number of ether oxygens (including phenoxy) is 2. The monoisotopic (exact) mass is 367 g/mol. The first-order chi connectivity index (χ1) is 13.0. The first kappa shape index (κ1) is 18.0. The van der Waals surface area contributed by atoms with Gasteiger partial charge in [0.25, 0.3) is 0 Å². The Labute approximate surface area is 156 Å². The molecule has 0 bridgehead atoms. The van der Waals surface area contributed by atoms with Gasteiger partial charge < -0.3 is 20.3 Å². The van der Waals surface area contributed by atoms with E-state index in [0.29, 0.717) is 28.7 Å². The smallest absolute Gasteiger partial charge is 0.194 e. The number of hydrogen-bond donors (Lipinski definition) is 2. The Bertz CT molecular complexity index is 897. The van der Waals surface area contributed by atoms with Crippen LogP contribution in [0.5, 0.6) is 0 Å². The van der Waals surface area contributed by atoms with Gasteiger partial charge in [0.1, 0.15) is 0 Å². The third-order valence-electron chi connectivity index (χ3n) is 5.18. The van der Waals surface area contributed by atoms with Crippen molar-refractivity contribution in [2.24, 2.45) is 5.73 Å². The normalized spacial score (nSPS) is 27.2. The molecule has 2 aromatic rings. The van der Waals surface area contributed by atoms with Crippen LogP contribution in [0, 0.1) is 0 Å². The predicted molar refractivity (Wildman–Crippen MR) is 97.5 cm³/mol. The number of rotatable bonds is 3. The van der Waals surface area contributed by atoms with Crippen molar-refractivity contribution in [3.05, 3.63) is 70.3 Å². The number of aliphatic hydroxyl groups is 1. The average molecular weight is 367 g/mol. The van der Waals surface area contributed by atoms with Crippen LogP contribution in [0.4, 0.5) is 0 Å². The maximum absolute atomic E-state index is 12.8. The van der Waals surface area contributed by atoms with Gasteiger partial charge in [-0.15, -0.1) is 0 Å². The Balaban J connectivity index is 1.52. The zero-order chi connectivity index (χ0) is 19.1. The summed E-state index contributed by atoms with van der Waals surface area (Å²) in [4.78, 5) is 25.4. The highest BCUT2D eigenvalue weighted by atomic mass is 16.7. The molecule has 27 heavy (non-hydrogen) atoms. The summed E-state index contributed by atoms with van der Waals surface area (Å²) in [5.41, 5.74) is 8.35. The molecular formula is C21H21NO5. The maximum atomic E-state index is 12.8. The Hall–Kier alpha value is -2.38. The van der Waals surface area contributed by atoms with Gasteiger partial charge in [0, 0.05) is 34.7 Å². The van der Waals surface area contributed by atoms with Crippen LogP contribution in [-0.2, 0) is 16.1 Å². The van der Waals surface area contributed by atoms with Gasteiger partial charge in [-0.25, -0.2) is 0 Å². The topological polar surface area (TPSA) is 98.9 Å². The number of fused-ring (bicyclic) bond motifs is 2. The molecule has 0 saturated carbocycles. The summed E-state index contributed by atoms with van der Waals surface area (Å²) in [6, 6.07) is 11.6. The number of carbonyl (C=O) groups is 2. The van der Waals surface area contributed by atoms with Gasteiger partial charge in [-0.2, -0.15) is 0 Å². The van der Waals surface area contributed by atoms with Crippen molar-refractivity contribution in [1.82, 2.24) is 0 Å². The van der Waals surface area contributed by atoms with Gasteiger partial charge in [-0.05, 0) is 24.6 Å². The summed E-state index contributed by atoms with van der Waals surface area (Å²) in [5.74, 6) is -0.299. The molecule has 1 aliphatic carbocycles. The van der Waals surface area contributed by atoms with E-state index in [1.807, 2.05) is 0 Å². The molecule has 4 atom stereocenters. The molecule has 6 heteroatoms. The van der Waals surface area contributed by atoms with E-state index < -0.39 is 24.5 Å². The minimum Gasteiger partial charge on any atom is -0.389 e. The molecule has 0 radical (unpaired) electrons. The van der Waals surface area contributed by atoms with Crippen molar-refractivity contribution in [3.63, 3.8) is 0 Å². The lowest BCUT2D eigenvalue weighted by atomic mass is 9.83. The summed E-state index contributed by atoms with van der Waals surface area (Å²) in [6.07, 6.45) is -1.25. The summed E-state index contributed by atoms with van der Waals surface area (Å²) in [6.45, 7) is 1.97. The molecule has 4 unspecified atom stereocenters.